The lowest BCUT2D eigenvalue weighted by molar-refractivity contribution is 0.0941. The van der Waals surface area contributed by atoms with Crippen LogP contribution in [-0.2, 0) is 6.42 Å². The highest BCUT2D eigenvalue weighted by molar-refractivity contribution is 5.15. The van der Waals surface area contributed by atoms with Gasteiger partial charge >= 0.3 is 0 Å². The van der Waals surface area contributed by atoms with Crippen LogP contribution >= 0.6 is 0 Å². The maximum absolute atomic E-state index is 9.54. The Bertz CT molecular complexity index is 334. The van der Waals surface area contributed by atoms with Gasteiger partial charge in [-0.1, -0.05) is 30.3 Å². The van der Waals surface area contributed by atoms with E-state index in [1.807, 2.05) is 0 Å². The van der Waals surface area contributed by atoms with Gasteiger partial charge in [0.2, 0.25) is 0 Å². The largest absolute Gasteiger partial charge is 0.390 e. The lowest BCUT2D eigenvalue weighted by Crippen LogP contribution is -2.41. The van der Waals surface area contributed by atoms with E-state index < -0.39 is 0 Å². The normalized spacial score (nSPS) is 19.9. The van der Waals surface area contributed by atoms with Crippen LogP contribution in [0.25, 0.3) is 0 Å². The van der Waals surface area contributed by atoms with Gasteiger partial charge in [-0.3, -0.25) is 0 Å². The molecule has 0 saturated carbocycles. The minimum Gasteiger partial charge on any atom is -0.390 e. The summed E-state index contributed by atoms with van der Waals surface area (Å²) in [6.45, 7) is 3.28. The Labute approximate surface area is 110 Å². The SMILES string of the molecule is NC[C@H](O)CN1CCC(Cc2ccccc2)CC1. The van der Waals surface area contributed by atoms with E-state index in [2.05, 4.69) is 35.2 Å². The van der Waals surface area contributed by atoms with Crippen LogP contribution in [0.5, 0.6) is 0 Å². The van der Waals surface area contributed by atoms with Crippen molar-refractivity contribution < 1.29 is 5.11 Å². The number of rotatable bonds is 5. The van der Waals surface area contributed by atoms with Crippen molar-refractivity contribution in [1.29, 1.82) is 0 Å². The second-order valence-electron chi connectivity index (χ2n) is 5.32. The fourth-order valence-electron chi connectivity index (χ4n) is 2.69. The summed E-state index contributed by atoms with van der Waals surface area (Å²) in [7, 11) is 0. The van der Waals surface area contributed by atoms with Gasteiger partial charge in [-0.2, -0.15) is 0 Å². The first-order valence-electron chi connectivity index (χ1n) is 6.92. The van der Waals surface area contributed by atoms with Gasteiger partial charge in [0, 0.05) is 13.1 Å². The summed E-state index contributed by atoms with van der Waals surface area (Å²) in [6, 6.07) is 10.7. The van der Waals surface area contributed by atoms with Gasteiger partial charge in [0.25, 0.3) is 0 Å². The molecule has 18 heavy (non-hydrogen) atoms. The monoisotopic (exact) mass is 248 g/mol. The number of hydrogen-bond acceptors (Lipinski definition) is 3. The molecule has 1 aliphatic heterocycles. The van der Waals surface area contributed by atoms with Crippen molar-refractivity contribution in [2.24, 2.45) is 11.7 Å². The molecule has 1 atom stereocenters. The maximum Gasteiger partial charge on any atom is 0.0789 e. The van der Waals surface area contributed by atoms with E-state index in [0.717, 1.165) is 25.6 Å². The summed E-state index contributed by atoms with van der Waals surface area (Å²) in [5.41, 5.74) is 6.88. The van der Waals surface area contributed by atoms with Crippen molar-refractivity contribution in [2.45, 2.75) is 25.4 Å². The van der Waals surface area contributed by atoms with Crippen molar-refractivity contribution in [3.63, 3.8) is 0 Å². The fourth-order valence-corrected chi connectivity index (χ4v) is 2.69. The van der Waals surface area contributed by atoms with Crippen LogP contribution in [0.4, 0.5) is 0 Å². The number of benzene rings is 1. The second-order valence-corrected chi connectivity index (χ2v) is 5.32. The minimum absolute atomic E-state index is 0.365. The number of aliphatic hydroxyl groups excluding tert-OH is 1. The Morgan fingerprint density at radius 3 is 2.50 bits per heavy atom. The van der Waals surface area contributed by atoms with Crippen LogP contribution in [0, 0.1) is 5.92 Å². The van der Waals surface area contributed by atoms with Gasteiger partial charge in [0.1, 0.15) is 0 Å². The van der Waals surface area contributed by atoms with Crippen LogP contribution in [-0.4, -0.2) is 42.3 Å². The Kier molecular flexibility index (Phi) is 5.17. The fraction of sp³-hybridized carbons (Fsp3) is 0.600. The number of β-amino-alcohol motifs (C(OH)–C–C–N with tert-alkyl or cyclic N) is 1. The molecule has 1 fully saturated rings. The first kappa shape index (κ1) is 13.5. The number of aliphatic hydroxyl groups is 1. The van der Waals surface area contributed by atoms with Crippen LogP contribution < -0.4 is 5.73 Å². The highest BCUT2D eigenvalue weighted by Gasteiger charge is 2.20. The van der Waals surface area contributed by atoms with E-state index in [0.29, 0.717) is 6.54 Å². The third-order valence-corrected chi connectivity index (χ3v) is 3.82. The average Bonchev–Trinajstić information content (AvgIpc) is 2.42. The molecule has 1 aromatic rings. The zero-order valence-electron chi connectivity index (χ0n) is 11.0. The Hall–Kier alpha value is -0.900. The van der Waals surface area contributed by atoms with E-state index >= 15 is 0 Å². The molecule has 3 nitrogen and oxygen atoms in total. The average molecular weight is 248 g/mol. The van der Waals surface area contributed by atoms with E-state index in [9.17, 15) is 5.11 Å². The molecule has 0 bridgehead atoms. The quantitative estimate of drug-likeness (QED) is 0.825. The molecular formula is C15H24N2O. The number of likely N-dealkylation sites (tertiary alicyclic amines) is 1. The Morgan fingerprint density at radius 2 is 1.89 bits per heavy atom. The highest BCUT2D eigenvalue weighted by Crippen LogP contribution is 2.21. The van der Waals surface area contributed by atoms with E-state index in [1.54, 1.807) is 0 Å². The predicted molar refractivity (Wildman–Crippen MR) is 74.4 cm³/mol. The summed E-state index contributed by atoms with van der Waals surface area (Å²) in [5.74, 6) is 0.790. The van der Waals surface area contributed by atoms with Gasteiger partial charge in [0.05, 0.1) is 6.10 Å². The van der Waals surface area contributed by atoms with Crippen LogP contribution in [0.1, 0.15) is 18.4 Å². The molecule has 3 N–H and O–H groups in total. The molecule has 100 valence electrons. The first-order chi connectivity index (χ1) is 8.78. The standard InChI is InChI=1S/C15H24N2O/c16-11-15(18)12-17-8-6-14(7-9-17)10-13-4-2-1-3-5-13/h1-5,14-15,18H,6-12,16H2/t15-/m0/s1. The molecular weight excluding hydrogens is 224 g/mol. The molecule has 0 radical (unpaired) electrons. The molecule has 2 rings (SSSR count). The number of nitrogens with zero attached hydrogens (tertiary/aromatic N) is 1. The van der Waals surface area contributed by atoms with Gasteiger partial charge in [-0.25, -0.2) is 0 Å². The van der Waals surface area contributed by atoms with Crippen LogP contribution in [0.3, 0.4) is 0 Å². The molecule has 1 saturated heterocycles. The second kappa shape index (κ2) is 6.88. The van der Waals surface area contributed by atoms with Gasteiger partial charge < -0.3 is 15.7 Å². The van der Waals surface area contributed by atoms with Crippen molar-refractivity contribution >= 4 is 0 Å². The molecule has 1 aromatic carbocycles. The summed E-state index contributed by atoms with van der Waals surface area (Å²) in [4.78, 5) is 2.33. The van der Waals surface area contributed by atoms with Gasteiger partial charge in [-0.15, -0.1) is 0 Å². The number of piperidine rings is 1. The zero-order valence-corrected chi connectivity index (χ0v) is 11.0. The van der Waals surface area contributed by atoms with Gasteiger partial charge in [0.15, 0.2) is 0 Å². The molecule has 1 heterocycles. The maximum atomic E-state index is 9.54. The third kappa shape index (κ3) is 4.09. The predicted octanol–water partition coefficient (Wildman–Crippen LogP) is 1.26. The minimum atomic E-state index is -0.365. The molecule has 1 aliphatic rings. The lowest BCUT2D eigenvalue weighted by Gasteiger charge is -2.33. The van der Waals surface area contributed by atoms with E-state index in [1.165, 1.54) is 24.8 Å². The number of hydrogen-bond donors (Lipinski definition) is 2. The van der Waals surface area contributed by atoms with Crippen LogP contribution in [0.2, 0.25) is 0 Å². The molecule has 0 unspecified atom stereocenters. The van der Waals surface area contributed by atoms with Crippen molar-refractivity contribution in [3.05, 3.63) is 35.9 Å². The number of nitrogens with two attached hydrogens (primary N) is 1. The van der Waals surface area contributed by atoms with E-state index in [4.69, 9.17) is 5.73 Å². The highest BCUT2D eigenvalue weighted by atomic mass is 16.3. The summed E-state index contributed by atoms with van der Waals surface area (Å²) in [5, 5.41) is 9.54. The lowest BCUT2D eigenvalue weighted by atomic mass is 9.90. The Balaban J connectivity index is 1.73. The first-order valence-corrected chi connectivity index (χ1v) is 6.92. The smallest absolute Gasteiger partial charge is 0.0789 e. The summed E-state index contributed by atoms with van der Waals surface area (Å²) >= 11 is 0. The Morgan fingerprint density at radius 1 is 1.22 bits per heavy atom. The topological polar surface area (TPSA) is 49.5 Å². The summed E-state index contributed by atoms with van der Waals surface area (Å²) in [6.07, 6.45) is 3.28. The van der Waals surface area contributed by atoms with E-state index in [-0.39, 0.29) is 6.10 Å². The summed E-state index contributed by atoms with van der Waals surface area (Å²) < 4.78 is 0. The molecule has 0 spiro atoms. The molecule has 0 aliphatic carbocycles. The molecule has 3 heteroatoms. The van der Waals surface area contributed by atoms with Crippen molar-refractivity contribution in [2.75, 3.05) is 26.2 Å². The van der Waals surface area contributed by atoms with Crippen LogP contribution in [0.15, 0.2) is 30.3 Å². The molecule has 0 amide bonds. The third-order valence-electron chi connectivity index (χ3n) is 3.82. The zero-order chi connectivity index (χ0) is 12.8. The molecule has 0 aromatic heterocycles. The van der Waals surface area contributed by atoms with Gasteiger partial charge in [-0.05, 0) is 43.8 Å². The van der Waals surface area contributed by atoms with Crippen molar-refractivity contribution in [1.82, 2.24) is 4.90 Å². The van der Waals surface area contributed by atoms with Crippen molar-refractivity contribution in [3.8, 4) is 0 Å².